The number of hydrogen-bond acceptors (Lipinski definition) is 2. The summed E-state index contributed by atoms with van der Waals surface area (Å²) in [7, 11) is 0. The Morgan fingerprint density at radius 1 is 1.86 bits per heavy atom. The molecule has 0 saturated heterocycles. The highest BCUT2D eigenvalue weighted by molar-refractivity contribution is 7.93. The van der Waals surface area contributed by atoms with Gasteiger partial charge in [-0.15, -0.1) is 0 Å². The van der Waals surface area contributed by atoms with Gasteiger partial charge in [-0.2, -0.15) is 0 Å². The summed E-state index contributed by atoms with van der Waals surface area (Å²) in [5.74, 6) is 0.503. The third-order valence-corrected chi connectivity index (χ3v) is 1.14. The fraction of sp³-hybridized carbons (Fsp3) is 0.400. The van der Waals surface area contributed by atoms with Crippen molar-refractivity contribution >= 4 is 12.0 Å². The lowest BCUT2D eigenvalue weighted by molar-refractivity contribution is 0.620. The third-order valence-electron chi connectivity index (χ3n) is 0.617. The average Bonchev–Trinajstić information content (AvgIpc) is 1.68. The van der Waals surface area contributed by atoms with Crippen molar-refractivity contribution in [2.45, 2.75) is 6.42 Å². The Balaban J connectivity index is 3.00. The minimum Gasteiger partial charge on any atom is -0.799 e. The maximum atomic E-state index is 9.73. The van der Waals surface area contributed by atoms with Gasteiger partial charge in [0.25, 0.3) is 0 Å². The van der Waals surface area contributed by atoms with E-state index in [0.29, 0.717) is 24.2 Å². The van der Waals surface area contributed by atoms with Gasteiger partial charge in [0.2, 0.25) is 0 Å². The molecule has 0 rings (SSSR count). The molecule has 2 heteroatoms. The molecule has 0 aromatic carbocycles. The summed E-state index contributed by atoms with van der Waals surface area (Å²) in [5, 5.41) is 0. The van der Waals surface area contributed by atoms with Gasteiger partial charge in [0.1, 0.15) is 6.42 Å². The lowest BCUT2D eigenvalue weighted by atomic mass is 10.3. The highest BCUT2D eigenvalue weighted by Crippen LogP contribution is 2.02. The summed E-state index contributed by atoms with van der Waals surface area (Å²) >= 11 is 0.545. The minimum atomic E-state index is 0.503. The van der Waals surface area contributed by atoms with Crippen LogP contribution in [0, 0.1) is 6.92 Å². The number of hydrogen-bond donors (Lipinski definition) is 0. The zero-order chi connectivity index (χ0) is 5.70. The molecule has 1 nitrogen and oxygen atoms in total. The first kappa shape index (κ1) is 6.92. The van der Waals surface area contributed by atoms with Gasteiger partial charge < -0.3 is 4.55 Å². The minimum absolute atomic E-state index is 0.503. The third kappa shape index (κ3) is 3.76. The summed E-state index contributed by atoms with van der Waals surface area (Å²) in [5.41, 5.74) is 0.917. The van der Waals surface area contributed by atoms with E-state index >= 15 is 0 Å². The molecular weight excluding hydrogens is 108 g/mol. The molecule has 0 atom stereocenters. The van der Waals surface area contributed by atoms with Crippen molar-refractivity contribution in [2.75, 3.05) is 5.75 Å². The van der Waals surface area contributed by atoms with Gasteiger partial charge in [-0.25, -0.2) is 0 Å². The fourth-order valence-corrected chi connectivity index (χ4v) is 0.467. The van der Waals surface area contributed by atoms with Crippen molar-refractivity contribution in [3.05, 3.63) is 19.1 Å². The first-order valence-corrected chi connectivity index (χ1v) is 2.93. The van der Waals surface area contributed by atoms with Crippen LogP contribution >= 0.6 is 12.0 Å². The molecule has 0 heterocycles. The van der Waals surface area contributed by atoms with E-state index in [-0.39, 0.29) is 0 Å². The standard InChI is InChI=1S/C5H8OS/c1-3-5(2)4-7-6/h1-4H2. The second kappa shape index (κ2) is 4.09. The van der Waals surface area contributed by atoms with E-state index in [9.17, 15) is 4.55 Å². The van der Waals surface area contributed by atoms with Crippen LogP contribution in [-0.2, 0) is 0 Å². The quantitative estimate of drug-likeness (QED) is 0.318. The van der Waals surface area contributed by atoms with Crippen molar-refractivity contribution in [3.8, 4) is 0 Å². The Morgan fingerprint density at radius 2 is 2.43 bits per heavy atom. The van der Waals surface area contributed by atoms with E-state index in [1.807, 2.05) is 0 Å². The van der Waals surface area contributed by atoms with Crippen LogP contribution < -0.4 is 0 Å². The monoisotopic (exact) mass is 116 g/mol. The molecule has 0 aliphatic carbocycles. The van der Waals surface area contributed by atoms with Gasteiger partial charge in [0.15, 0.2) is 0 Å². The second-order valence-corrected chi connectivity index (χ2v) is 1.79. The maximum absolute atomic E-state index is 9.73. The van der Waals surface area contributed by atoms with Gasteiger partial charge in [0.05, 0.1) is 6.92 Å². The maximum Gasteiger partial charge on any atom is 0.107 e. The molecule has 0 aromatic rings. The molecule has 0 aliphatic heterocycles. The molecule has 7 heavy (non-hydrogen) atoms. The van der Waals surface area contributed by atoms with Crippen LogP contribution in [0.15, 0.2) is 12.2 Å². The summed E-state index contributed by atoms with van der Waals surface area (Å²) in [6.45, 7) is 7.13. The lowest BCUT2D eigenvalue weighted by Crippen LogP contribution is -1.79. The highest BCUT2D eigenvalue weighted by atomic mass is 32.2. The summed E-state index contributed by atoms with van der Waals surface area (Å²) < 4.78 is 9.73. The predicted molar refractivity (Wildman–Crippen MR) is 32.3 cm³/mol. The van der Waals surface area contributed by atoms with E-state index in [0.717, 1.165) is 5.57 Å². The highest BCUT2D eigenvalue weighted by Gasteiger charge is 1.86. The second-order valence-electron chi connectivity index (χ2n) is 1.26. The van der Waals surface area contributed by atoms with E-state index in [1.165, 1.54) is 0 Å². The van der Waals surface area contributed by atoms with Crippen LogP contribution in [0.25, 0.3) is 0 Å². The first-order chi connectivity index (χ1) is 3.31. The van der Waals surface area contributed by atoms with Crippen LogP contribution in [0.4, 0.5) is 0 Å². The lowest BCUT2D eigenvalue weighted by Gasteiger charge is -2.00. The Hall–Kier alpha value is -0.0800. The Labute approximate surface area is 48.6 Å². The predicted octanol–water partition coefficient (Wildman–Crippen LogP) is 1.63. The zero-order valence-electron chi connectivity index (χ0n) is 4.14. The molecule has 0 unspecified atom stereocenters. The molecule has 0 bridgehead atoms. The van der Waals surface area contributed by atoms with Crippen LogP contribution in [0.5, 0.6) is 0 Å². The average molecular weight is 116 g/mol. The first-order valence-electron chi connectivity index (χ1n) is 2.02. The fourth-order valence-electron chi connectivity index (χ4n) is 0.156. The summed E-state index contributed by atoms with van der Waals surface area (Å²) in [6.07, 6.45) is 0.676. The Bertz CT molecular complexity index is 61.1. The summed E-state index contributed by atoms with van der Waals surface area (Å²) in [4.78, 5) is 0. The normalized spacial score (nSPS) is 8.71. The van der Waals surface area contributed by atoms with Crippen molar-refractivity contribution in [3.63, 3.8) is 0 Å². The van der Waals surface area contributed by atoms with E-state index in [1.54, 1.807) is 0 Å². The molecular formula is C5H8OS. The van der Waals surface area contributed by atoms with Crippen LogP contribution in [0.3, 0.4) is 0 Å². The Kier molecular flexibility index (Phi) is 4.04. The van der Waals surface area contributed by atoms with Crippen molar-refractivity contribution in [1.82, 2.24) is 0 Å². The van der Waals surface area contributed by atoms with Crippen molar-refractivity contribution < 1.29 is 4.55 Å². The summed E-state index contributed by atoms with van der Waals surface area (Å²) in [6, 6.07) is 0. The van der Waals surface area contributed by atoms with Gasteiger partial charge >= 0.3 is 0 Å². The molecule has 0 aromatic heterocycles. The van der Waals surface area contributed by atoms with Gasteiger partial charge in [-0.3, -0.25) is 12.0 Å². The molecule has 0 spiro atoms. The SMILES string of the molecule is C=C(C[CH2+])CS[O-]. The van der Waals surface area contributed by atoms with E-state index < -0.39 is 0 Å². The molecule has 0 radical (unpaired) electrons. The van der Waals surface area contributed by atoms with Crippen molar-refractivity contribution in [2.24, 2.45) is 0 Å². The number of rotatable bonds is 3. The molecule has 0 saturated carbocycles. The zero-order valence-corrected chi connectivity index (χ0v) is 4.96. The Morgan fingerprint density at radius 3 is 2.57 bits per heavy atom. The topological polar surface area (TPSA) is 23.1 Å². The molecule has 0 N–H and O–H groups in total. The largest absolute Gasteiger partial charge is 0.799 e. The molecule has 40 valence electrons. The molecule has 0 fully saturated rings. The molecule has 0 amide bonds. The van der Waals surface area contributed by atoms with E-state index in [4.69, 9.17) is 0 Å². The van der Waals surface area contributed by atoms with Crippen LogP contribution in [0.2, 0.25) is 0 Å². The van der Waals surface area contributed by atoms with Crippen LogP contribution in [-0.4, -0.2) is 10.3 Å². The van der Waals surface area contributed by atoms with Crippen LogP contribution in [0.1, 0.15) is 6.42 Å². The van der Waals surface area contributed by atoms with E-state index in [2.05, 4.69) is 13.5 Å². The smallest absolute Gasteiger partial charge is 0.107 e. The van der Waals surface area contributed by atoms with Gasteiger partial charge in [-0.1, -0.05) is 6.58 Å². The van der Waals surface area contributed by atoms with Crippen molar-refractivity contribution in [1.29, 1.82) is 0 Å². The van der Waals surface area contributed by atoms with Gasteiger partial charge in [0, 0.05) is 5.75 Å². The molecule has 0 aliphatic rings. The van der Waals surface area contributed by atoms with Gasteiger partial charge in [-0.05, 0) is 5.57 Å².